The van der Waals surface area contributed by atoms with Gasteiger partial charge in [0.2, 0.25) is 0 Å². The summed E-state index contributed by atoms with van der Waals surface area (Å²) >= 11 is 19.6. The number of rotatable bonds is 6. The summed E-state index contributed by atoms with van der Waals surface area (Å²) in [6, 6.07) is 29.3. The molecule has 0 aliphatic rings. The summed E-state index contributed by atoms with van der Waals surface area (Å²) in [5.41, 5.74) is 13.8. The molecular formula is C40H38Cl4N18NaO7P. The number of carbonyl (C=O) groups is 1. The van der Waals surface area contributed by atoms with Gasteiger partial charge < -0.3 is 41.3 Å². The number of primary amides is 1. The maximum Gasteiger partial charge on any atom is 1.00 e. The number of halogens is 4. The fraction of sp³-hybridized carbons (Fsp3) is 0.100. The van der Waals surface area contributed by atoms with Crippen LogP contribution in [-0.2, 0) is 4.57 Å². The van der Waals surface area contributed by atoms with E-state index < -0.39 is 11.1 Å². The number of aromatic amines is 1. The molecule has 31 heteroatoms. The van der Waals surface area contributed by atoms with E-state index in [1.54, 1.807) is 63.1 Å². The third-order valence-electron chi connectivity index (χ3n) is 8.18. The Morgan fingerprint density at radius 3 is 1.65 bits per heavy atom. The van der Waals surface area contributed by atoms with Crippen LogP contribution >= 0.6 is 50.5 Å². The van der Waals surface area contributed by atoms with Crippen LogP contribution in [0.2, 0.25) is 5.15 Å². The van der Waals surface area contributed by atoms with Gasteiger partial charge in [0.25, 0.3) is 11.5 Å². The topological polar surface area (TPSA) is 360 Å². The number of nitrogens with two attached hydrogens (primary N) is 2. The average molecular weight is 1080 g/mol. The van der Waals surface area contributed by atoms with Gasteiger partial charge in [-0.1, -0.05) is 16.8 Å². The van der Waals surface area contributed by atoms with Crippen LogP contribution in [0.1, 0.15) is 10.4 Å². The molecule has 0 aliphatic heterocycles. The summed E-state index contributed by atoms with van der Waals surface area (Å²) in [4.78, 5) is 47.1. The number of hydrogen-bond donors (Lipinski definition) is 4. The molecule has 7 aromatic heterocycles. The number of amides is 1. The van der Waals surface area contributed by atoms with E-state index in [0.717, 1.165) is 39.0 Å². The van der Waals surface area contributed by atoms with E-state index in [2.05, 4.69) is 105 Å². The quantitative estimate of drug-likeness (QED) is 0.0768. The second kappa shape index (κ2) is 31.9. The summed E-state index contributed by atoms with van der Waals surface area (Å²) in [6.07, 6.45) is 6.39. The van der Waals surface area contributed by atoms with Crippen molar-refractivity contribution >= 4 is 113 Å². The van der Waals surface area contributed by atoms with Crippen molar-refractivity contribution < 1.29 is 48.4 Å². The zero-order chi connectivity index (χ0) is 51.5. The molecule has 71 heavy (non-hydrogen) atoms. The maximum atomic E-state index is 11.0. The van der Waals surface area contributed by atoms with Crippen molar-refractivity contribution in [3.63, 3.8) is 0 Å². The molecule has 2 aromatic carbocycles. The number of benzene rings is 2. The summed E-state index contributed by atoms with van der Waals surface area (Å²) in [5, 5.41) is 42.9. The molecule has 9 rings (SSSR count). The van der Waals surface area contributed by atoms with E-state index in [-0.39, 0.29) is 46.5 Å². The largest absolute Gasteiger partial charge is 1.00 e. The van der Waals surface area contributed by atoms with Crippen molar-refractivity contribution in [2.24, 2.45) is 11.1 Å². The number of carbonyl (C=O) groups excluding carboxylic acids is 1. The zero-order valence-electron chi connectivity index (χ0n) is 37.8. The van der Waals surface area contributed by atoms with E-state index >= 15 is 0 Å². The Hall–Kier alpha value is -7.09. The van der Waals surface area contributed by atoms with E-state index in [1.807, 2.05) is 79.7 Å². The number of ether oxygens (including phenoxy) is 2. The minimum Gasteiger partial charge on any atom is -0.497 e. The molecule has 0 aliphatic carbocycles. The Kier molecular flexibility index (Phi) is 27.0. The van der Waals surface area contributed by atoms with Gasteiger partial charge in [0.15, 0.2) is 27.9 Å². The first kappa shape index (κ1) is 60.0. The minimum absolute atomic E-state index is 0. The van der Waals surface area contributed by atoms with E-state index in [4.69, 9.17) is 42.7 Å². The Balaban J connectivity index is 0.000000300. The van der Waals surface area contributed by atoms with Gasteiger partial charge in [0.1, 0.15) is 17.3 Å². The zero-order valence-corrected chi connectivity index (χ0v) is 43.7. The Labute approximate surface area is 444 Å². The van der Waals surface area contributed by atoms with Crippen molar-refractivity contribution in [1.29, 1.82) is 0 Å². The molecule has 364 valence electrons. The molecule has 25 nitrogen and oxygen atoms in total. The van der Waals surface area contributed by atoms with Crippen LogP contribution in [-0.4, -0.2) is 100 Å². The molecule has 0 spiro atoms. The summed E-state index contributed by atoms with van der Waals surface area (Å²) < 4.78 is 19.7. The number of nitrogen functional groups attached to an aromatic ring is 1. The molecule has 0 fully saturated rings. The monoisotopic (exact) mass is 1080 g/mol. The predicted octanol–water partition coefficient (Wildman–Crippen LogP) is 4.55. The van der Waals surface area contributed by atoms with E-state index in [1.165, 1.54) is 12.3 Å². The SMILES string of the molecule is CNc1ccc(OC)cc1.COc1ccc(N(C)c2nnnc3ncccc23)cc1.Clc1nnnc2ncccc12.NC(=O)c1cccnc1N.O=N[O-].O=P(Cl)(Cl)Cl.O=c1[nH]nnc2ncccc12.[Na+]. The number of H-pyrrole nitrogens is 1. The number of fused-ring (bicyclic) bond motifs is 3. The third-order valence-corrected chi connectivity index (χ3v) is 8.45. The first-order valence-corrected chi connectivity index (χ1v) is 23.9. The molecule has 0 radical (unpaired) electrons. The van der Waals surface area contributed by atoms with Gasteiger partial charge in [-0.3, -0.25) is 14.2 Å². The van der Waals surface area contributed by atoms with E-state index in [9.17, 15) is 14.2 Å². The van der Waals surface area contributed by atoms with Crippen LogP contribution in [0.4, 0.5) is 23.0 Å². The number of anilines is 4. The first-order chi connectivity index (χ1) is 33.5. The number of nitrogens with zero attached hydrogens (tertiary/aromatic N) is 14. The van der Waals surface area contributed by atoms with Crippen LogP contribution < -0.4 is 66.3 Å². The molecule has 9 aromatic rings. The molecule has 0 atom stereocenters. The van der Waals surface area contributed by atoms with Crippen LogP contribution in [0.5, 0.6) is 11.5 Å². The fourth-order valence-corrected chi connectivity index (χ4v) is 5.18. The summed E-state index contributed by atoms with van der Waals surface area (Å²) in [7, 11) is 7.13. The van der Waals surface area contributed by atoms with Crippen LogP contribution in [0.3, 0.4) is 0 Å². The van der Waals surface area contributed by atoms with Crippen molar-refractivity contribution in [3.8, 4) is 11.5 Å². The van der Waals surface area contributed by atoms with Gasteiger partial charge in [0.05, 0.1) is 35.9 Å². The Morgan fingerprint density at radius 1 is 0.732 bits per heavy atom. The molecule has 0 saturated carbocycles. The smallest absolute Gasteiger partial charge is 0.497 e. The van der Waals surface area contributed by atoms with Crippen molar-refractivity contribution in [2.75, 3.05) is 44.3 Å². The minimum atomic E-state index is -3.22. The van der Waals surface area contributed by atoms with Crippen LogP contribution in [0.25, 0.3) is 33.1 Å². The molecule has 6 N–H and O–H groups in total. The predicted molar refractivity (Wildman–Crippen MR) is 268 cm³/mol. The van der Waals surface area contributed by atoms with Crippen molar-refractivity contribution in [3.05, 3.63) is 153 Å². The summed E-state index contributed by atoms with van der Waals surface area (Å²) in [6.45, 7) is 0. The summed E-state index contributed by atoms with van der Waals surface area (Å²) in [5.74, 6) is 2.04. The molecular weight excluding hydrogens is 1040 g/mol. The Morgan fingerprint density at radius 2 is 1.18 bits per heavy atom. The Bertz CT molecular complexity index is 3110. The number of aromatic nitrogens is 13. The number of hydrogen-bond acceptors (Lipinski definition) is 23. The number of methoxy groups -OCH3 is 2. The average Bonchev–Trinajstić information content (AvgIpc) is 3.37. The van der Waals surface area contributed by atoms with Gasteiger partial charge in [0, 0.05) is 50.3 Å². The maximum absolute atomic E-state index is 11.0. The molecule has 0 bridgehead atoms. The number of nitrogens with one attached hydrogen (secondary N) is 2. The fourth-order valence-electron chi connectivity index (χ4n) is 5.00. The molecule has 0 saturated heterocycles. The van der Waals surface area contributed by atoms with E-state index in [0.29, 0.717) is 33.3 Å². The van der Waals surface area contributed by atoms with Crippen molar-refractivity contribution in [1.82, 2.24) is 66.2 Å². The van der Waals surface area contributed by atoms with Crippen LogP contribution in [0, 0.1) is 10.1 Å². The normalized spacial score (nSPS) is 9.69. The van der Waals surface area contributed by atoms with Crippen molar-refractivity contribution in [2.45, 2.75) is 0 Å². The second-order valence-electron chi connectivity index (χ2n) is 12.5. The molecule has 1 amide bonds. The molecule has 7 heterocycles. The van der Waals surface area contributed by atoms with Gasteiger partial charge >= 0.3 is 34.8 Å². The standard InChI is InChI=1S/C14H13N5O.C8H11NO.C6H3ClN4.C6H4N4O.C6H7N3O.Cl3OP.HNO2.Na/c1-19(10-5-7-11(20-2)8-6-10)14-12-4-3-9-15-13(12)16-18-17-14;1-9-7-3-5-8(10-2)6-4-7;7-5-4-2-1-3-8-6(4)10-11-9-5;11-6-4-2-1-3-7-5(4)8-10-9-6;7-5-4(6(8)10)2-1-3-9-5;1-5(2,3)4;2-1-3;/h3-9H,1-2H3;3-6,9H,1-2H3;1-3H;1-3H,(H,7,8,9,11);1-3H,(H2,7,9)(H2,8,10);;(H,2,3);/q;;;;;;;+1/p-1. The van der Waals surface area contributed by atoms with Crippen LogP contribution in [0.15, 0.2) is 132 Å². The van der Waals surface area contributed by atoms with Gasteiger partial charge in [-0.15, -0.1) is 30.8 Å². The first-order valence-electron chi connectivity index (χ1n) is 19.1. The second-order valence-corrected chi connectivity index (χ2v) is 19.5. The molecule has 0 unspecified atom stereocenters. The third kappa shape index (κ3) is 21.2. The van der Waals surface area contributed by atoms with Gasteiger partial charge in [-0.05, 0) is 141 Å². The van der Waals surface area contributed by atoms with Gasteiger partial charge in [-0.25, -0.2) is 25.0 Å². The van der Waals surface area contributed by atoms with Gasteiger partial charge in [-0.2, -0.15) is 0 Å². The number of pyridine rings is 4.